The van der Waals surface area contributed by atoms with Crippen LogP contribution in [0.1, 0.15) is 46.0 Å². The smallest absolute Gasteiger partial charge is 0.0925 e. The van der Waals surface area contributed by atoms with Crippen molar-refractivity contribution < 1.29 is 4.39 Å². The maximum absolute atomic E-state index is 12.6. The Morgan fingerprint density at radius 2 is 2.08 bits per heavy atom. The Morgan fingerprint density at radius 1 is 1.42 bits per heavy atom. The largest absolute Gasteiger partial charge is 0.251 e. The van der Waals surface area contributed by atoms with E-state index in [1.54, 1.807) is 0 Å². The Morgan fingerprint density at radius 3 is 2.50 bits per heavy atom. The summed E-state index contributed by atoms with van der Waals surface area (Å²) in [5, 5.41) is 0. The van der Waals surface area contributed by atoms with Gasteiger partial charge in [-0.05, 0) is 37.0 Å². The normalized spacial score (nSPS) is 22.2. The van der Waals surface area contributed by atoms with Crippen LogP contribution < -0.4 is 0 Å². The summed E-state index contributed by atoms with van der Waals surface area (Å²) in [6, 6.07) is 0. The van der Waals surface area contributed by atoms with Crippen LogP contribution in [0.15, 0.2) is 0 Å². The number of alkyl halides is 1. The second-order valence-corrected chi connectivity index (χ2v) is 4.25. The van der Waals surface area contributed by atoms with Crippen molar-refractivity contribution >= 4 is 0 Å². The fourth-order valence-electron chi connectivity index (χ4n) is 1.95. The first kappa shape index (κ1) is 10.0. The molecule has 0 aromatic heterocycles. The second kappa shape index (κ2) is 4.84. The van der Waals surface area contributed by atoms with Crippen LogP contribution in [-0.2, 0) is 0 Å². The molecule has 0 amide bonds. The molecule has 1 aliphatic carbocycles. The highest BCUT2D eigenvalue weighted by Crippen LogP contribution is 2.41. The van der Waals surface area contributed by atoms with Gasteiger partial charge in [0.1, 0.15) is 0 Å². The van der Waals surface area contributed by atoms with Crippen molar-refractivity contribution in [2.24, 2.45) is 17.8 Å². The maximum Gasteiger partial charge on any atom is 0.0925 e. The minimum absolute atomic E-state index is 0.0995. The number of unbranched alkanes of at least 4 members (excludes halogenated alkanes) is 1. The van der Waals surface area contributed by atoms with Gasteiger partial charge < -0.3 is 0 Å². The summed E-state index contributed by atoms with van der Waals surface area (Å²) >= 11 is 0. The molecule has 72 valence electrons. The van der Waals surface area contributed by atoms with Crippen LogP contribution >= 0.6 is 0 Å². The lowest BCUT2D eigenvalue weighted by Crippen LogP contribution is -2.15. The van der Waals surface area contributed by atoms with Crippen molar-refractivity contribution in [3.63, 3.8) is 0 Å². The molecule has 0 aliphatic heterocycles. The van der Waals surface area contributed by atoms with Gasteiger partial charge in [-0.25, -0.2) is 0 Å². The zero-order valence-corrected chi connectivity index (χ0v) is 8.35. The number of halogens is 1. The standard InChI is InChI=1S/C11H21F/c1-3-4-5-11(8-12)9(2)10-6-7-10/h9-11H,3-8H2,1-2H3. The van der Waals surface area contributed by atoms with Gasteiger partial charge in [-0.2, -0.15) is 0 Å². The minimum Gasteiger partial charge on any atom is -0.251 e. The molecule has 2 atom stereocenters. The van der Waals surface area contributed by atoms with Gasteiger partial charge in [-0.15, -0.1) is 0 Å². The van der Waals surface area contributed by atoms with Crippen LogP contribution in [0.5, 0.6) is 0 Å². The number of hydrogen-bond acceptors (Lipinski definition) is 0. The highest BCUT2D eigenvalue weighted by Gasteiger charge is 2.32. The van der Waals surface area contributed by atoms with E-state index in [1.807, 2.05) is 0 Å². The summed E-state index contributed by atoms with van der Waals surface area (Å²) < 4.78 is 12.6. The molecule has 2 unspecified atom stereocenters. The molecule has 12 heavy (non-hydrogen) atoms. The fraction of sp³-hybridized carbons (Fsp3) is 1.00. The molecule has 0 saturated heterocycles. The van der Waals surface area contributed by atoms with E-state index in [2.05, 4.69) is 13.8 Å². The van der Waals surface area contributed by atoms with Gasteiger partial charge >= 0.3 is 0 Å². The molecule has 1 saturated carbocycles. The summed E-state index contributed by atoms with van der Waals surface area (Å²) in [5.41, 5.74) is 0. The summed E-state index contributed by atoms with van der Waals surface area (Å²) in [5.74, 6) is 1.86. The fourth-order valence-corrected chi connectivity index (χ4v) is 1.95. The van der Waals surface area contributed by atoms with E-state index in [1.165, 1.54) is 25.7 Å². The predicted molar refractivity (Wildman–Crippen MR) is 50.9 cm³/mol. The summed E-state index contributed by atoms with van der Waals surface area (Å²) in [6.07, 6.45) is 6.21. The van der Waals surface area contributed by atoms with E-state index >= 15 is 0 Å². The van der Waals surface area contributed by atoms with Gasteiger partial charge in [0, 0.05) is 0 Å². The first-order valence-electron chi connectivity index (χ1n) is 5.35. The summed E-state index contributed by atoms with van der Waals surface area (Å²) in [4.78, 5) is 0. The van der Waals surface area contributed by atoms with Gasteiger partial charge in [-0.3, -0.25) is 4.39 Å². The van der Waals surface area contributed by atoms with Crippen LogP contribution in [0.3, 0.4) is 0 Å². The van der Waals surface area contributed by atoms with E-state index in [0.29, 0.717) is 11.8 Å². The van der Waals surface area contributed by atoms with Crippen LogP contribution in [0.4, 0.5) is 4.39 Å². The topological polar surface area (TPSA) is 0 Å². The van der Waals surface area contributed by atoms with Crippen molar-refractivity contribution in [2.75, 3.05) is 6.67 Å². The first-order valence-corrected chi connectivity index (χ1v) is 5.35. The monoisotopic (exact) mass is 172 g/mol. The van der Waals surface area contributed by atoms with Gasteiger partial charge in [0.05, 0.1) is 6.67 Å². The zero-order chi connectivity index (χ0) is 8.97. The van der Waals surface area contributed by atoms with Gasteiger partial charge in [0.25, 0.3) is 0 Å². The first-order chi connectivity index (χ1) is 5.79. The Labute approximate surface area is 75.5 Å². The SMILES string of the molecule is CCCCC(CF)C(C)C1CC1. The maximum atomic E-state index is 12.6. The molecule has 1 fully saturated rings. The van der Waals surface area contributed by atoms with E-state index in [-0.39, 0.29) is 6.67 Å². The van der Waals surface area contributed by atoms with Gasteiger partial charge in [0.2, 0.25) is 0 Å². The lowest BCUT2D eigenvalue weighted by atomic mass is 9.87. The highest BCUT2D eigenvalue weighted by molar-refractivity contribution is 4.82. The van der Waals surface area contributed by atoms with Crippen molar-refractivity contribution in [3.05, 3.63) is 0 Å². The molecule has 0 heterocycles. The molecular formula is C11H21F. The average Bonchev–Trinajstić information content (AvgIpc) is 2.88. The lowest BCUT2D eigenvalue weighted by molar-refractivity contribution is 0.233. The van der Waals surface area contributed by atoms with E-state index in [4.69, 9.17) is 0 Å². The molecule has 0 radical (unpaired) electrons. The molecule has 1 rings (SSSR count). The van der Waals surface area contributed by atoms with Gasteiger partial charge in [0.15, 0.2) is 0 Å². The zero-order valence-electron chi connectivity index (χ0n) is 8.35. The molecular weight excluding hydrogens is 151 g/mol. The Kier molecular flexibility index (Phi) is 4.03. The third kappa shape index (κ3) is 2.76. The molecule has 0 aromatic rings. The Bertz CT molecular complexity index is 118. The van der Waals surface area contributed by atoms with Crippen molar-refractivity contribution in [1.82, 2.24) is 0 Å². The van der Waals surface area contributed by atoms with Crippen LogP contribution in [0.2, 0.25) is 0 Å². The third-order valence-electron chi connectivity index (χ3n) is 3.24. The molecule has 0 aromatic carbocycles. The number of hydrogen-bond donors (Lipinski definition) is 0. The Hall–Kier alpha value is -0.0700. The van der Waals surface area contributed by atoms with Crippen LogP contribution in [0, 0.1) is 17.8 Å². The van der Waals surface area contributed by atoms with Gasteiger partial charge in [-0.1, -0.05) is 26.7 Å². The molecule has 0 nitrogen and oxygen atoms in total. The molecule has 1 heteroatoms. The quantitative estimate of drug-likeness (QED) is 0.571. The molecule has 1 aliphatic rings. The van der Waals surface area contributed by atoms with Crippen LogP contribution in [0.25, 0.3) is 0 Å². The highest BCUT2D eigenvalue weighted by atomic mass is 19.1. The van der Waals surface area contributed by atoms with E-state index < -0.39 is 0 Å². The number of rotatable bonds is 6. The van der Waals surface area contributed by atoms with Crippen molar-refractivity contribution in [1.29, 1.82) is 0 Å². The summed E-state index contributed by atoms with van der Waals surface area (Å²) in [7, 11) is 0. The predicted octanol–water partition coefficient (Wildman–Crippen LogP) is 3.81. The average molecular weight is 172 g/mol. The third-order valence-corrected chi connectivity index (χ3v) is 3.24. The molecule has 0 bridgehead atoms. The van der Waals surface area contributed by atoms with Crippen molar-refractivity contribution in [2.45, 2.75) is 46.0 Å². The Balaban J connectivity index is 2.22. The van der Waals surface area contributed by atoms with E-state index in [0.717, 1.165) is 12.3 Å². The van der Waals surface area contributed by atoms with Crippen molar-refractivity contribution in [3.8, 4) is 0 Å². The summed E-state index contributed by atoms with van der Waals surface area (Å²) in [6.45, 7) is 4.31. The molecule has 0 N–H and O–H groups in total. The second-order valence-electron chi connectivity index (χ2n) is 4.25. The van der Waals surface area contributed by atoms with E-state index in [9.17, 15) is 4.39 Å². The minimum atomic E-state index is -0.0995. The lowest BCUT2D eigenvalue weighted by Gasteiger charge is -2.20. The van der Waals surface area contributed by atoms with Crippen LogP contribution in [-0.4, -0.2) is 6.67 Å². The molecule has 0 spiro atoms.